The normalized spacial score (nSPS) is 11.8. The Hall–Kier alpha value is -3.68. The van der Waals surface area contributed by atoms with E-state index in [4.69, 9.17) is 0 Å². The third-order valence-corrected chi connectivity index (χ3v) is 4.29. The Kier molecular flexibility index (Phi) is 5.39. The summed E-state index contributed by atoms with van der Waals surface area (Å²) in [6.07, 6.45) is 0. The maximum absolute atomic E-state index is 12.5. The number of fused-ring (bicyclic) bond motifs is 1. The lowest BCUT2D eigenvalue weighted by molar-refractivity contribution is -0.122. The molecule has 3 N–H and O–H groups in total. The standard InChI is InChI=1S/C20H20N4O4/c1-12(14-6-5-7-15(10-14)22-13(2)25)21-18(26)11-24-17-9-4-3-8-16(17)19(27)23-20(24)28/h3-10,12H,11H2,1-2H3,(H,21,26)(H,22,25)(H,23,27,28). The summed E-state index contributed by atoms with van der Waals surface area (Å²) in [7, 11) is 0. The number of aromatic amines is 1. The number of benzene rings is 2. The first-order chi connectivity index (χ1) is 13.3. The highest BCUT2D eigenvalue weighted by atomic mass is 16.2. The second kappa shape index (κ2) is 7.91. The van der Waals surface area contributed by atoms with Crippen LogP contribution in [0.15, 0.2) is 58.1 Å². The van der Waals surface area contributed by atoms with Crippen LogP contribution in [0.2, 0.25) is 0 Å². The second-order valence-corrected chi connectivity index (χ2v) is 6.46. The number of hydrogen-bond donors (Lipinski definition) is 3. The molecule has 0 radical (unpaired) electrons. The summed E-state index contributed by atoms with van der Waals surface area (Å²) in [5, 5.41) is 5.86. The molecule has 1 unspecified atom stereocenters. The molecule has 0 bridgehead atoms. The number of carbonyl (C=O) groups excluding carboxylic acids is 2. The second-order valence-electron chi connectivity index (χ2n) is 6.46. The number of carbonyl (C=O) groups is 2. The molecule has 28 heavy (non-hydrogen) atoms. The van der Waals surface area contributed by atoms with Gasteiger partial charge in [-0.1, -0.05) is 24.3 Å². The average molecular weight is 380 g/mol. The monoisotopic (exact) mass is 380 g/mol. The van der Waals surface area contributed by atoms with Gasteiger partial charge in [0.15, 0.2) is 0 Å². The fourth-order valence-electron chi connectivity index (χ4n) is 3.00. The topological polar surface area (TPSA) is 113 Å². The van der Waals surface area contributed by atoms with Gasteiger partial charge in [-0.15, -0.1) is 0 Å². The molecule has 3 aromatic rings. The van der Waals surface area contributed by atoms with Crippen molar-refractivity contribution in [3.63, 3.8) is 0 Å². The Morgan fingerprint density at radius 2 is 1.86 bits per heavy atom. The highest BCUT2D eigenvalue weighted by Crippen LogP contribution is 2.17. The maximum atomic E-state index is 12.5. The summed E-state index contributed by atoms with van der Waals surface area (Å²) in [4.78, 5) is 50.0. The summed E-state index contributed by atoms with van der Waals surface area (Å²) in [5.74, 6) is -0.560. The van der Waals surface area contributed by atoms with Crippen LogP contribution in [0.5, 0.6) is 0 Å². The van der Waals surface area contributed by atoms with Crippen molar-refractivity contribution >= 4 is 28.4 Å². The number of rotatable bonds is 5. The van der Waals surface area contributed by atoms with Gasteiger partial charge in [-0.2, -0.15) is 0 Å². The first-order valence-corrected chi connectivity index (χ1v) is 8.74. The molecule has 2 amide bonds. The number of nitrogens with zero attached hydrogens (tertiary/aromatic N) is 1. The average Bonchev–Trinajstić information content (AvgIpc) is 2.65. The number of aromatic nitrogens is 2. The van der Waals surface area contributed by atoms with Gasteiger partial charge in [0.05, 0.1) is 16.9 Å². The van der Waals surface area contributed by atoms with E-state index in [-0.39, 0.29) is 24.4 Å². The van der Waals surface area contributed by atoms with Gasteiger partial charge in [-0.05, 0) is 36.8 Å². The van der Waals surface area contributed by atoms with Gasteiger partial charge >= 0.3 is 5.69 Å². The molecule has 0 saturated heterocycles. The molecule has 8 nitrogen and oxygen atoms in total. The minimum Gasteiger partial charge on any atom is -0.348 e. The Bertz CT molecular complexity index is 1160. The zero-order valence-corrected chi connectivity index (χ0v) is 15.5. The van der Waals surface area contributed by atoms with Crippen LogP contribution in [0.25, 0.3) is 10.9 Å². The fourth-order valence-corrected chi connectivity index (χ4v) is 3.00. The van der Waals surface area contributed by atoms with Gasteiger partial charge in [-0.25, -0.2) is 4.79 Å². The fraction of sp³-hybridized carbons (Fsp3) is 0.200. The van der Waals surface area contributed by atoms with Gasteiger partial charge in [-0.3, -0.25) is 23.9 Å². The first-order valence-electron chi connectivity index (χ1n) is 8.74. The highest BCUT2D eigenvalue weighted by Gasteiger charge is 2.14. The van der Waals surface area contributed by atoms with E-state index in [0.29, 0.717) is 16.6 Å². The first kappa shape index (κ1) is 19.1. The van der Waals surface area contributed by atoms with E-state index in [1.165, 1.54) is 11.5 Å². The summed E-state index contributed by atoms with van der Waals surface area (Å²) < 4.78 is 1.23. The third kappa shape index (κ3) is 4.17. The van der Waals surface area contributed by atoms with Crippen molar-refractivity contribution in [2.24, 2.45) is 0 Å². The molecule has 1 aromatic heterocycles. The Balaban J connectivity index is 1.80. The molecule has 0 aliphatic rings. The number of para-hydroxylation sites is 1. The summed E-state index contributed by atoms with van der Waals surface area (Å²) in [5.41, 5.74) is 0.707. The quantitative estimate of drug-likeness (QED) is 0.623. The zero-order valence-electron chi connectivity index (χ0n) is 15.5. The van der Waals surface area contributed by atoms with Crippen molar-refractivity contribution in [1.29, 1.82) is 0 Å². The maximum Gasteiger partial charge on any atom is 0.329 e. The number of H-pyrrole nitrogens is 1. The van der Waals surface area contributed by atoms with Crippen molar-refractivity contribution < 1.29 is 9.59 Å². The molecule has 0 spiro atoms. The van der Waals surface area contributed by atoms with E-state index in [0.717, 1.165) is 5.56 Å². The lowest BCUT2D eigenvalue weighted by Gasteiger charge is -2.16. The summed E-state index contributed by atoms with van der Waals surface area (Å²) >= 11 is 0. The Morgan fingerprint density at radius 1 is 1.11 bits per heavy atom. The largest absolute Gasteiger partial charge is 0.348 e. The van der Waals surface area contributed by atoms with E-state index in [1.54, 1.807) is 49.4 Å². The molecule has 1 atom stereocenters. The van der Waals surface area contributed by atoms with E-state index in [9.17, 15) is 19.2 Å². The van der Waals surface area contributed by atoms with Crippen LogP contribution in [0.1, 0.15) is 25.5 Å². The van der Waals surface area contributed by atoms with Crippen LogP contribution in [0.4, 0.5) is 5.69 Å². The predicted molar refractivity (Wildman–Crippen MR) is 106 cm³/mol. The molecule has 2 aromatic carbocycles. The van der Waals surface area contributed by atoms with Gasteiger partial charge < -0.3 is 10.6 Å². The molecular formula is C20H20N4O4. The van der Waals surface area contributed by atoms with Crippen molar-refractivity contribution in [3.05, 3.63) is 74.9 Å². The van der Waals surface area contributed by atoms with Crippen LogP contribution in [-0.4, -0.2) is 21.4 Å². The van der Waals surface area contributed by atoms with Crippen LogP contribution < -0.4 is 21.9 Å². The molecule has 0 aliphatic carbocycles. The number of hydrogen-bond acceptors (Lipinski definition) is 4. The molecule has 1 heterocycles. The Labute approximate surface area is 160 Å². The molecule has 144 valence electrons. The van der Waals surface area contributed by atoms with Crippen LogP contribution in [0, 0.1) is 0 Å². The van der Waals surface area contributed by atoms with Crippen LogP contribution in [-0.2, 0) is 16.1 Å². The lowest BCUT2D eigenvalue weighted by atomic mass is 10.1. The summed E-state index contributed by atoms with van der Waals surface area (Å²) in [6, 6.07) is 13.4. The van der Waals surface area contributed by atoms with Crippen molar-refractivity contribution in [2.75, 3.05) is 5.32 Å². The Morgan fingerprint density at radius 3 is 2.61 bits per heavy atom. The number of amides is 2. The van der Waals surface area contributed by atoms with E-state index in [1.807, 2.05) is 6.07 Å². The predicted octanol–water partition coefficient (Wildman–Crippen LogP) is 1.53. The van der Waals surface area contributed by atoms with Crippen molar-refractivity contribution in [2.45, 2.75) is 26.4 Å². The van der Waals surface area contributed by atoms with Crippen LogP contribution in [0.3, 0.4) is 0 Å². The molecule has 8 heteroatoms. The lowest BCUT2D eigenvalue weighted by Crippen LogP contribution is -2.37. The molecule has 0 fully saturated rings. The molecule has 3 rings (SSSR count). The molecule has 0 aliphatic heterocycles. The van der Waals surface area contributed by atoms with E-state index >= 15 is 0 Å². The number of anilines is 1. The molecule has 0 saturated carbocycles. The van der Waals surface area contributed by atoms with Crippen LogP contribution >= 0.6 is 0 Å². The SMILES string of the molecule is CC(=O)Nc1cccc(C(C)NC(=O)Cn2c(=O)[nH]c(=O)c3ccccc32)c1. The zero-order chi connectivity index (χ0) is 20.3. The third-order valence-electron chi connectivity index (χ3n) is 4.29. The van der Waals surface area contributed by atoms with E-state index in [2.05, 4.69) is 15.6 Å². The van der Waals surface area contributed by atoms with Gasteiger partial charge in [0.2, 0.25) is 11.8 Å². The van der Waals surface area contributed by atoms with Gasteiger partial charge in [0.25, 0.3) is 5.56 Å². The highest BCUT2D eigenvalue weighted by molar-refractivity contribution is 5.88. The summed E-state index contributed by atoms with van der Waals surface area (Å²) in [6.45, 7) is 2.99. The minimum atomic E-state index is -0.640. The molecular weight excluding hydrogens is 360 g/mol. The van der Waals surface area contributed by atoms with Crippen molar-refractivity contribution in [3.8, 4) is 0 Å². The van der Waals surface area contributed by atoms with E-state index < -0.39 is 11.2 Å². The van der Waals surface area contributed by atoms with Gasteiger partial charge in [0, 0.05) is 12.6 Å². The van der Waals surface area contributed by atoms with Crippen molar-refractivity contribution in [1.82, 2.24) is 14.9 Å². The smallest absolute Gasteiger partial charge is 0.329 e. The minimum absolute atomic E-state index is 0.182. The number of nitrogens with one attached hydrogen (secondary N) is 3. The van der Waals surface area contributed by atoms with Gasteiger partial charge in [0.1, 0.15) is 6.54 Å².